The summed E-state index contributed by atoms with van der Waals surface area (Å²) >= 11 is 6.46. The zero-order valence-corrected chi connectivity index (χ0v) is 11.5. The van der Waals surface area contributed by atoms with Crippen LogP contribution in [0, 0.1) is 18.8 Å². The summed E-state index contributed by atoms with van der Waals surface area (Å²) in [7, 11) is -0.929. The van der Waals surface area contributed by atoms with E-state index >= 15 is 0 Å². The summed E-state index contributed by atoms with van der Waals surface area (Å²) in [5.74, 6) is 1.20. The maximum atomic E-state index is 12.6. The molecular weight excluding hydrogens is 252 g/mol. The van der Waals surface area contributed by atoms with Crippen LogP contribution in [0.2, 0.25) is 0 Å². The van der Waals surface area contributed by atoms with Gasteiger partial charge in [-0.1, -0.05) is 17.7 Å². The SMILES string of the molecule is Cc1ccc([S@@](=O)[C@@H]2[C@@H]3CC[C@@H](C3)[C@@H]2Cl)cc1. The minimum absolute atomic E-state index is 0.121. The number of alkyl halides is 1. The quantitative estimate of drug-likeness (QED) is 0.751. The number of benzene rings is 1. The third kappa shape index (κ3) is 1.96. The molecule has 1 nitrogen and oxygen atoms in total. The second-order valence-electron chi connectivity index (χ2n) is 5.35. The van der Waals surface area contributed by atoms with Gasteiger partial charge in [0.2, 0.25) is 0 Å². The monoisotopic (exact) mass is 268 g/mol. The zero-order valence-electron chi connectivity index (χ0n) is 9.93. The van der Waals surface area contributed by atoms with E-state index in [1.54, 1.807) is 0 Å². The summed E-state index contributed by atoms with van der Waals surface area (Å²) in [6.07, 6.45) is 3.65. The molecule has 0 radical (unpaired) electrons. The number of hydrogen-bond donors (Lipinski definition) is 0. The van der Waals surface area contributed by atoms with E-state index in [0.29, 0.717) is 11.8 Å². The molecule has 0 amide bonds. The summed E-state index contributed by atoms with van der Waals surface area (Å²) in [6, 6.07) is 8.04. The summed E-state index contributed by atoms with van der Waals surface area (Å²) in [4.78, 5) is 0.943. The van der Waals surface area contributed by atoms with Crippen LogP contribution in [0.1, 0.15) is 24.8 Å². The molecule has 92 valence electrons. The number of aryl methyl sites for hydroxylation is 1. The largest absolute Gasteiger partial charge is 0.254 e. The van der Waals surface area contributed by atoms with E-state index in [1.165, 1.54) is 24.8 Å². The maximum absolute atomic E-state index is 12.6. The van der Waals surface area contributed by atoms with Gasteiger partial charge in [-0.05, 0) is 50.2 Å². The Balaban J connectivity index is 1.85. The highest BCUT2D eigenvalue weighted by atomic mass is 35.5. The molecule has 0 unspecified atom stereocenters. The van der Waals surface area contributed by atoms with Gasteiger partial charge in [0.15, 0.2) is 0 Å². The topological polar surface area (TPSA) is 17.1 Å². The van der Waals surface area contributed by atoms with Crippen molar-refractivity contribution in [3.8, 4) is 0 Å². The van der Waals surface area contributed by atoms with Crippen LogP contribution in [0.5, 0.6) is 0 Å². The van der Waals surface area contributed by atoms with Gasteiger partial charge in [-0.2, -0.15) is 0 Å². The summed E-state index contributed by atoms with van der Waals surface area (Å²) in [5, 5.41) is 0.300. The van der Waals surface area contributed by atoms with E-state index in [9.17, 15) is 4.21 Å². The second-order valence-corrected chi connectivity index (χ2v) is 7.47. The molecule has 3 heteroatoms. The van der Waals surface area contributed by atoms with Gasteiger partial charge in [0.05, 0.1) is 21.4 Å². The van der Waals surface area contributed by atoms with E-state index in [4.69, 9.17) is 11.6 Å². The first kappa shape index (κ1) is 11.7. The van der Waals surface area contributed by atoms with E-state index in [2.05, 4.69) is 6.92 Å². The fraction of sp³-hybridized carbons (Fsp3) is 0.571. The smallest absolute Gasteiger partial charge is 0.0589 e. The normalized spacial score (nSPS) is 37.3. The molecule has 0 N–H and O–H groups in total. The van der Waals surface area contributed by atoms with Crippen molar-refractivity contribution in [1.82, 2.24) is 0 Å². The van der Waals surface area contributed by atoms with Crippen LogP contribution in [-0.4, -0.2) is 14.8 Å². The molecule has 17 heavy (non-hydrogen) atoms. The van der Waals surface area contributed by atoms with Crippen molar-refractivity contribution in [3.63, 3.8) is 0 Å². The molecule has 2 bridgehead atoms. The second kappa shape index (κ2) is 4.40. The van der Waals surface area contributed by atoms with Crippen molar-refractivity contribution >= 4 is 22.4 Å². The molecule has 2 aliphatic rings. The van der Waals surface area contributed by atoms with Gasteiger partial charge in [0.25, 0.3) is 0 Å². The van der Waals surface area contributed by atoms with Crippen molar-refractivity contribution in [2.24, 2.45) is 11.8 Å². The van der Waals surface area contributed by atoms with Crippen LogP contribution < -0.4 is 0 Å². The molecule has 0 aromatic heterocycles. The highest BCUT2D eigenvalue weighted by Crippen LogP contribution is 2.50. The van der Waals surface area contributed by atoms with Crippen LogP contribution in [0.25, 0.3) is 0 Å². The Kier molecular flexibility index (Phi) is 3.04. The van der Waals surface area contributed by atoms with E-state index in [1.807, 2.05) is 24.3 Å². The molecule has 5 atom stereocenters. The van der Waals surface area contributed by atoms with Crippen molar-refractivity contribution in [1.29, 1.82) is 0 Å². The summed E-state index contributed by atoms with van der Waals surface area (Å²) in [5.41, 5.74) is 1.21. The Hall–Kier alpha value is -0.340. The Morgan fingerprint density at radius 2 is 1.82 bits per heavy atom. The molecular formula is C14H17ClOS. The minimum Gasteiger partial charge on any atom is -0.254 e. The summed E-state index contributed by atoms with van der Waals surface area (Å²) < 4.78 is 12.6. The molecule has 0 aliphatic heterocycles. The lowest BCUT2D eigenvalue weighted by molar-refractivity contribution is 0.488. The lowest BCUT2D eigenvalue weighted by Crippen LogP contribution is -2.32. The van der Waals surface area contributed by atoms with E-state index < -0.39 is 10.8 Å². The highest BCUT2D eigenvalue weighted by Gasteiger charge is 2.49. The molecule has 1 aromatic rings. The number of rotatable bonds is 2. The molecule has 2 fully saturated rings. The maximum Gasteiger partial charge on any atom is 0.0589 e. The van der Waals surface area contributed by atoms with Gasteiger partial charge in [-0.25, -0.2) is 0 Å². The van der Waals surface area contributed by atoms with Gasteiger partial charge in [-0.3, -0.25) is 4.21 Å². The Morgan fingerprint density at radius 1 is 1.18 bits per heavy atom. The molecule has 2 saturated carbocycles. The number of fused-ring (bicyclic) bond motifs is 2. The van der Waals surface area contributed by atoms with Crippen LogP contribution in [0.3, 0.4) is 0 Å². The lowest BCUT2D eigenvalue weighted by atomic mass is 10.00. The average molecular weight is 269 g/mol. The Bertz CT molecular complexity index is 440. The molecule has 2 aliphatic carbocycles. The van der Waals surface area contributed by atoms with Gasteiger partial charge < -0.3 is 0 Å². The van der Waals surface area contributed by atoms with Gasteiger partial charge in [-0.15, -0.1) is 11.6 Å². The molecule has 0 heterocycles. The van der Waals surface area contributed by atoms with Crippen LogP contribution in [0.15, 0.2) is 29.2 Å². The third-order valence-corrected chi connectivity index (χ3v) is 6.93. The third-order valence-electron chi connectivity index (χ3n) is 4.24. The standard InChI is InChI=1S/C14H17ClOS/c1-9-2-6-12(7-3-9)17(16)14-11-5-4-10(8-11)13(14)15/h2-3,6-7,10-11,13-14H,4-5,8H2,1H3/t10-,11+,13-,14+,17+/m0/s1. The molecule has 1 aromatic carbocycles. The minimum atomic E-state index is -0.929. The predicted octanol–water partition coefficient (Wildman–Crippen LogP) is 3.51. The number of hydrogen-bond acceptors (Lipinski definition) is 1. The van der Waals surface area contributed by atoms with Crippen molar-refractivity contribution in [3.05, 3.63) is 29.8 Å². The first-order valence-electron chi connectivity index (χ1n) is 6.28. The molecule has 3 rings (SSSR count). The highest BCUT2D eigenvalue weighted by molar-refractivity contribution is 7.85. The van der Waals surface area contributed by atoms with Gasteiger partial charge >= 0.3 is 0 Å². The van der Waals surface area contributed by atoms with Crippen molar-refractivity contribution in [2.75, 3.05) is 0 Å². The molecule has 0 saturated heterocycles. The van der Waals surface area contributed by atoms with Gasteiger partial charge in [0.1, 0.15) is 0 Å². The number of halogens is 1. The van der Waals surface area contributed by atoms with Crippen LogP contribution in [0.4, 0.5) is 0 Å². The van der Waals surface area contributed by atoms with Crippen molar-refractivity contribution in [2.45, 2.75) is 41.7 Å². The average Bonchev–Trinajstić information content (AvgIpc) is 2.89. The first-order chi connectivity index (χ1) is 8.16. The summed E-state index contributed by atoms with van der Waals surface area (Å²) in [6.45, 7) is 2.05. The van der Waals surface area contributed by atoms with E-state index in [-0.39, 0.29) is 10.6 Å². The van der Waals surface area contributed by atoms with Crippen molar-refractivity contribution < 1.29 is 4.21 Å². The lowest BCUT2D eigenvalue weighted by Gasteiger charge is -2.25. The fourth-order valence-electron chi connectivity index (χ4n) is 3.29. The fourth-order valence-corrected chi connectivity index (χ4v) is 5.78. The Morgan fingerprint density at radius 3 is 2.41 bits per heavy atom. The first-order valence-corrected chi connectivity index (χ1v) is 7.93. The van der Waals surface area contributed by atoms with Crippen LogP contribution in [-0.2, 0) is 10.8 Å². The van der Waals surface area contributed by atoms with Crippen LogP contribution >= 0.6 is 11.6 Å². The van der Waals surface area contributed by atoms with E-state index in [0.717, 1.165) is 4.90 Å². The predicted molar refractivity (Wildman–Crippen MR) is 71.8 cm³/mol. The molecule has 0 spiro atoms. The van der Waals surface area contributed by atoms with Gasteiger partial charge in [0, 0.05) is 4.90 Å². The zero-order chi connectivity index (χ0) is 12.0. The Labute approximate surface area is 110 Å².